The molecular weight excluding hydrogens is 254 g/mol. The molecule has 0 radical (unpaired) electrons. The zero-order valence-corrected chi connectivity index (χ0v) is 10.8. The molecule has 0 aromatic heterocycles. The number of thioether (sulfide) groups is 1. The van der Waals surface area contributed by atoms with Gasteiger partial charge < -0.3 is 10.6 Å². The third kappa shape index (κ3) is 5.15. The summed E-state index contributed by atoms with van der Waals surface area (Å²) in [7, 11) is 1.82. The molecule has 0 bridgehead atoms. The van der Waals surface area contributed by atoms with Crippen LogP contribution in [0.15, 0.2) is 29.2 Å². The summed E-state index contributed by atoms with van der Waals surface area (Å²) < 4.78 is 0. The summed E-state index contributed by atoms with van der Waals surface area (Å²) in [5.74, 6) is 0.259. The molecule has 0 aliphatic heterocycles. The van der Waals surface area contributed by atoms with Gasteiger partial charge in [0.05, 0.1) is 10.7 Å². The summed E-state index contributed by atoms with van der Waals surface area (Å²) in [6.07, 6.45) is 0. The van der Waals surface area contributed by atoms with Gasteiger partial charge in [-0.05, 0) is 19.2 Å². The van der Waals surface area contributed by atoms with Crippen molar-refractivity contribution in [3.8, 4) is 0 Å². The first-order valence-electron chi connectivity index (χ1n) is 5.42. The number of nitrogens with zero attached hydrogens (tertiary/aromatic N) is 1. The van der Waals surface area contributed by atoms with E-state index in [1.807, 2.05) is 7.05 Å². The molecule has 1 aromatic rings. The Morgan fingerprint density at radius 3 is 2.56 bits per heavy atom. The fourth-order valence-corrected chi connectivity index (χ4v) is 1.92. The van der Waals surface area contributed by atoms with Crippen molar-refractivity contribution < 1.29 is 9.72 Å². The van der Waals surface area contributed by atoms with Gasteiger partial charge in [0.25, 0.3) is 5.69 Å². The molecule has 0 heterocycles. The molecule has 0 saturated carbocycles. The molecule has 1 amide bonds. The van der Waals surface area contributed by atoms with Gasteiger partial charge in [-0.3, -0.25) is 14.9 Å². The average molecular weight is 269 g/mol. The van der Waals surface area contributed by atoms with E-state index in [4.69, 9.17) is 0 Å². The number of non-ortho nitro benzene ring substituents is 1. The van der Waals surface area contributed by atoms with Crippen molar-refractivity contribution in [2.24, 2.45) is 0 Å². The van der Waals surface area contributed by atoms with Crippen LogP contribution in [-0.2, 0) is 4.79 Å². The Hall–Kier alpha value is -1.60. The number of nitro benzene ring substituents is 1. The molecule has 0 aliphatic carbocycles. The van der Waals surface area contributed by atoms with Gasteiger partial charge >= 0.3 is 0 Å². The van der Waals surface area contributed by atoms with E-state index in [9.17, 15) is 14.9 Å². The summed E-state index contributed by atoms with van der Waals surface area (Å²) in [5, 5.41) is 16.1. The summed E-state index contributed by atoms with van der Waals surface area (Å²) in [4.78, 5) is 22.2. The van der Waals surface area contributed by atoms with Crippen LogP contribution in [-0.4, -0.2) is 36.7 Å². The third-order valence-electron chi connectivity index (χ3n) is 2.11. The van der Waals surface area contributed by atoms with Crippen LogP contribution in [0.2, 0.25) is 0 Å². The van der Waals surface area contributed by atoms with Crippen molar-refractivity contribution in [1.82, 2.24) is 10.6 Å². The molecule has 1 rings (SSSR count). The minimum absolute atomic E-state index is 0.0476. The lowest BCUT2D eigenvalue weighted by molar-refractivity contribution is -0.384. The summed E-state index contributed by atoms with van der Waals surface area (Å²) in [5.41, 5.74) is 0.0535. The highest BCUT2D eigenvalue weighted by molar-refractivity contribution is 8.00. The van der Waals surface area contributed by atoms with Crippen LogP contribution in [0, 0.1) is 10.1 Å². The van der Waals surface area contributed by atoms with Gasteiger partial charge in [0.2, 0.25) is 5.91 Å². The maximum Gasteiger partial charge on any atom is 0.269 e. The average Bonchev–Trinajstić information content (AvgIpc) is 2.37. The highest BCUT2D eigenvalue weighted by Gasteiger charge is 2.06. The number of carbonyl (C=O) groups is 1. The normalized spacial score (nSPS) is 10.1. The van der Waals surface area contributed by atoms with Crippen molar-refractivity contribution in [3.63, 3.8) is 0 Å². The first-order chi connectivity index (χ1) is 8.63. The van der Waals surface area contributed by atoms with Crippen LogP contribution in [0.5, 0.6) is 0 Å². The second-order valence-corrected chi connectivity index (χ2v) is 4.54. The maximum absolute atomic E-state index is 11.4. The lowest BCUT2D eigenvalue weighted by atomic mass is 10.3. The number of hydrogen-bond donors (Lipinski definition) is 2. The quantitative estimate of drug-likeness (QED) is 0.334. The third-order valence-corrected chi connectivity index (χ3v) is 3.13. The maximum atomic E-state index is 11.4. The predicted octanol–water partition coefficient (Wildman–Crippen LogP) is 1.02. The van der Waals surface area contributed by atoms with Crippen LogP contribution in [0.1, 0.15) is 0 Å². The van der Waals surface area contributed by atoms with Gasteiger partial charge in [0, 0.05) is 30.1 Å². The van der Waals surface area contributed by atoms with Crippen molar-refractivity contribution in [2.45, 2.75) is 4.90 Å². The van der Waals surface area contributed by atoms with E-state index in [2.05, 4.69) is 10.6 Å². The number of benzene rings is 1. The Balaban J connectivity index is 2.34. The van der Waals surface area contributed by atoms with Crippen LogP contribution in [0.25, 0.3) is 0 Å². The zero-order valence-electron chi connectivity index (χ0n) is 10.0. The smallest absolute Gasteiger partial charge is 0.269 e. The number of hydrogen-bond acceptors (Lipinski definition) is 5. The van der Waals surface area contributed by atoms with Crippen molar-refractivity contribution >= 4 is 23.4 Å². The summed E-state index contributed by atoms with van der Waals surface area (Å²) >= 11 is 1.35. The molecule has 1 aromatic carbocycles. The minimum atomic E-state index is -0.446. The standard InChI is InChI=1S/C11H15N3O3S/c1-12-6-7-13-11(15)8-18-10-4-2-9(3-5-10)14(16)17/h2-5,12H,6-8H2,1H3,(H,13,15). The van der Waals surface area contributed by atoms with E-state index in [0.29, 0.717) is 12.3 Å². The van der Waals surface area contributed by atoms with Crippen LogP contribution < -0.4 is 10.6 Å². The molecule has 18 heavy (non-hydrogen) atoms. The Kier molecular flexibility index (Phi) is 6.16. The molecule has 0 atom stereocenters. The van der Waals surface area contributed by atoms with E-state index >= 15 is 0 Å². The Morgan fingerprint density at radius 1 is 1.33 bits per heavy atom. The fourth-order valence-electron chi connectivity index (χ4n) is 1.19. The first kappa shape index (κ1) is 14.5. The molecule has 2 N–H and O–H groups in total. The monoisotopic (exact) mass is 269 g/mol. The predicted molar refractivity (Wildman–Crippen MR) is 70.8 cm³/mol. The highest BCUT2D eigenvalue weighted by atomic mass is 32.2. The Morgan fingerprint density at radius 2 is 2.00 bits per heavy atom. The molecule has 98 valence electrons. The van der Waals surface area contributed by atoms with Gasteiger partial charge in [0.15, 0.2) is 0 Å². The number of likely N-dealkylation sites (N-methyl/N-ethyl adjacent to an activating group) is 1. The zero-order chi connectivity index (χ0) is 13.4. The van der Waals surface area contributed by atoms with Crippen molar-refractivity contribution in [2.75, 3.05) is 25.9 Å². The van der Waals surface area contributed by atoms with Crippen molar-refractivity contribution in [3.05, 3.63) is 34.4 Å². The van der Waals surface area contributed by atoms with Gasteiger partial charge in [-0.1, -0.05) is 0 Å². The van der Waals surface area contributed by atoms with Gasteiger partial charge in [-0.15, -0.1) is 11.8 Å². The minimum Gasteiger partial charge on any atom is -0.354 e. The summed E-state index contributed by atoms with van der Waals surface area (Å²) in [6, 6.07) is 6.15. The molecule has 0 aliphatic rings. The fraction of sp³-hybridized carbons (Fsp3) is 0.364. The van der Waals surface area contributed by atoms with Crippen LogP contribution in [0.4, 0.5) is 5.69 Å². The first-order valence-corrected chi connectivity index (χ1v) is 6.40. The van der Waals surface area contributed by atoms with E-state index in [1.54, 1.807) is 12.1 Å². The van der Waals surface area contributed by atoms with E-state index in [1.165, 1.54) is 23.9 Å². The number of carbonyl (C=O) groups excluding carboxylic acids is 1. The molecule has 0 unspecified atom stereocenters. The Labute approximate surface area is 109 Å². The Bertz CT molecular complexity index is 408. The molecule has 6 nitrogen and oxygen atoms in total. The number of nitrogens with one attached hydrogen (secondary N) is 2. The lowest BCUT2D eigenvalue weighted by Crippen LogP contribution is -2.31. The largest absolute Gasteiger partial charge is 0.354 e. The summed E-state index contributed by atoms with van der Waals surface area (Å²) in [6.45, 7) is 1.32. The van der Waals surface area contributed by atoms with Crippen molar-refractivity contribution in [1.29, 1.82) is 0 Å². The van der Waals surface area contributed by atoms with E-state index in [0.717, 1.165) is 11.4 Å². The van der Waals surface area contributed by atoms with Gasteiger partial charge in [-0.25, -0.2) is 0 Å². The molecule has 0 fully saturated rings. The molecule has 0 saturated heterocycles. The molecular formula is C11H15N3O3S. The second-order valence-electron chi connectivity index (χ2n) is 3.49. The van der Waals surface area contributed by atoms with Gasteiger partial charge in [0.1, 0.15) is 0 Å². The number of amides is 1. The van der Waals surface area contributed by atoms with E-state index < -0.39 is 4.92 Å². The molecule has 7 heteroatoms. The van der Waals surface area contributed by atoms with Crippen LogP contribution in [0.3, 0.4) is 0 Å². The molecule has 0 spiro atoms. The number of nitro groups is 1. The van der Waals surface area contributed by atoms with Crippen LogP contribution >= 0.6 is 11.8 Å². The number of rotatable bonds is 7. The lowest BCUT2D eigenvalue weighted by Gasteiger charge is -2.04. The SMILES string of the molecule is CNCCNC(=O)CSc1ccc([N+](=O)[O-])cc1. The van der Waals surface area contributed by atoms with Gasteiger partial charge in [-0.2, -0.15) is 0 Å². The topological polar surface area (TPSA) is 84.3 Å². The highest BCUT2D eigenvalue weighted by Crippen LogP contribution is 2.20. The second kappa shape index (κ2) is 7.67. The van der Waals surface area contributed by atoms with E-state index in [-0.39, 0.29) is 11.6 Å².